The van der Waals surface area contributed by atoms with Gasteiger partial charge in [0.1, 0.15) is 0 Å². The van der Waals surface area contributed by atoms with Crippen molar-refractivity contribution in [2.75, 3.05) is 0 Å². The van der Waals surface area contributed by atoms with Crippen LogP contribution in [0.15, 0.2) is 24.3 Å². The van der Waals surface area contributed by atoms with Crippen LogP contribution in [0.4, 0.5) is 13.2 Å². The molecule has 0 saturated heterocycles. The summed E-state index contributed by atoms with van der Waals surface area (Å²) in [5.74, 6) is -2.75. The number of benzene rings is 1. The summed E-state index contributed by atoms with van der Waals surface area (Å²) in [6, 6.07) is 5.72. The predicted molar refractivity (Wildman–Crippen MR) is 51.3 cm³/mol. The average Bonchev–Trinajstić information content (AvgIpc) is 2.51. The first kappa shape index (κ1) is 12.1. The molecule has 1 aliphatic rings. The number of aliphatic hydroxyl groups excluding tert-OH is 2. The van der Waals surface area contributed by atoms with Gasteiger partial charge in [0.2, 0.25) is 0 Å². The summed E-state index contributed by atoms with van der Waals surface area (Å²) in [6.45, 7) is 0. The van der Waals surface area contributed by atoms with Gasteiger partial charge in [0.15, 0.2) is 11.9 Å². The second-order valence-electron chi connectivity index (χ2n) is 3.91. The molecule has 0 bridgehead atoms. The zero-order valence-corrected chi connectivity index (χ0v) is 8.48. The molecule has 3 atom stereocenters. The molecule has 3 unspecified atom stereocenters. The Morgan fingerprint density at radius 3 is 2.35 bits per heavy atom. The molecule has 2 N–H and O–H groups in total. The van der Waals surface area contributed by atoms with E-state index in [0.29, 0.717) is 0 Å². The molecule has 0 fully saturated rings. The highest BCUT2D eigenvalue weighted by atomic mass is 19.4. The first-order valence-corrected chi connectivity index (χ1v) is 4.90. The summed E-state index contributed by atoms with van der Waals surface area (Å²) >= 11 is 0. The van der Waals surface area contributed by atoms with Crippen LogP contribution in [0.1, 0.15) is 22.0 Å². The molecule has 1 aliphatic carbocycles. The molecular weight excluding hydrogens is 237 g/mol. The van der Waals surface area contributed by atoms with Crippen molar-refractivity contribution in [2.24, 2.45) is 5.92 Å². The number of Topliss-reactive ketones (excluding diaryl/α,β-unsaturated/α-hetero) is 1. The number of aliphatic hydroxyl groups is 2. The number of hydrogen-bond acceptors (Lipinski definition) is 3. The third kappa shape index (κ3) is 1.83. The van der Waals surface area contributed by atoms with Crippen molar-refractivity contribution in [3.63, 3.8) is 0 Å². The number of alkyl halides is 3. The number of fused-ring (bicyclic) bond motifs is 1. The second-order valence-corrected chi connectivity index (χ2v) is 3.91. The largest absolute Gasteiger partial charge is 0.415 e. The van der Waals surface area contributed by atoms with Crippen LogP contribution in [0.3, 0.4) is 0 Å². The van der Waals surface area contributed by atoms with Gasteiger partial charge in [-0.3, -0.25) is 4.79 Å². The van der Waals surface area contributed by atoms with Crippen molar-refractivity contribution < 1.29 is 28.2 Å². The van der Waals surface area contributed by atoms with Gasteiger partial charge in [0, 0.05) is 5.56 Å². The smallest absolute Gasteiger partial charge is 0.388 e. The van der Waals surface area contributed by atoms with E-state index < -0.39 is 30.1 Å². The Morgan fingerprint density at radius 2 is 1.82 bits per heavy atom. The van der Waals surface area contributed by atoms with E-state index in [1.165, 1.54) is 24.3 Å². The standard InChI is InChI=1S/C11H9F3O3/c12-11(13,14)10(17)7-8(15)5-3-1-2-4-6(5)9(7)16/h1-4,7-8,10,15,17H. The molecule has 2 rings (SSSR count). The van der Waals surface area contributed by atoms with E-state index in [1.807, 2.05) is 0 Å². The number of carbonyl (C=O) groups is 1. The fraction of sp³-hybridized carbons (Fsp3) is 0.364. The third-order valence-electron chi connectivity index (χ3n) is 2.86. The highest BCUT2D eigenvalue weighted by Gasteiger charge is 2.53. The Bertz CT molecular complexity index is 456. The van der Waals surface area contributed by atoms with Gasteiger partial charge in [-0.1, -0.05) is 24.3 Å². The third-order valence-corrected chi connectivity index (χ3v) is 2.86. The van der Waals surface area contributed by atoms with E-state index in [0.717, 1.165) is 0 Å². The molecule has 0 aliphatic heterocycles. The Hall–Kier alpha value is -1.40. The van der Waals surface area contributed by atoms with Crippen molar-refractivity contribution in [3.05, 3.63) is 35.4 Å². The molecule has 0 saturated carbocycles. The quantitative estimate of drug-likeness (QED) is 0.788. The van der Waals surface area contributed by atoms with Crippen LogP contribution < -0.4 is 0 Å². The van der Waals surface area contributed by atoms with E-state index in [4.69, 9.17) is 5.11 Å². The van der Waals surface area contributed by atoms with Gasteiger partial charge in [-0.2, -0.15) is 13.2 Å². The molecule has 3 nitrogen and oxygen atoms in total. The lowest BCUT2D eigenvalue weighted by Crippen LogP contribution is -2.40. The minimum Gasteiger partial charge on any atom is -0.388 e. The van der Waals surface area contributed by atoms with Crippen molar-refractivity contribution in [2.45, 2.75) is 18.4 Å². The highest BCUT2D eigenvalue weighted by molar-refractivity contribution is 6.03. The van der Waals surface area contributed by atoms with Crippen LogP contribution >= 0.6 is 0 Å². The van der Waals surface area contributed by atoms with Gasteiger partial charge in [0.25, 0.3) is 0 Å². The van der Waals surface area contributed by atoms with Crippen molar-refractivity contribution in [1.29, 1.82) is 0 Å². The van der Waals surface area contributed by atoms with Gasteiger partial charge >= 0.3 is 6.18 Å². The first-order valence-electron chi connectivity index (χ1n) is 4.90. The zero-order chi connectivity index (χ0) is 12.8. The van der Waals surface area contributed by atoms with E-state index in [9.17, 15) is 23.1 Å². The van der Waals surface area contributed by atoms with E-state index in [1.54, 1.807) is 0 Å². The summed E-state index contributed by atoms with van der Waals surface area (Å²) in [5, 5.41) is 18.8. The monoisotopic (exact) mass is 246 g/mol. The molecule has 0 spiro atoms. The normalized spacial score (nSPS) is 25.8. The zero-order valence-electron chi connectivity index (χ0n) is 8.48. The number of carbonyl (C=O) groups excluding carboxylic acids is 1. The average molecular weight is 246 g/mol. The van der Waals surface area contributed by atoms with E-state index >= 15 is 0 Å². The van der Waals surface area contributed by atoms with Gasteiger partial charge in [-0.25, -0.2) is 0 Å². The second kappa shape index (κ2) is 3.82. The maximum absolute atomic E-state index is 12.4. The SMILES string of the molecule is O=C1c2ccccc2C(O)C1C(O)C(F)(F)F. The van der Waals surface area contributed by atoms with Crippen molar-refractivity contribution >= 4 is 5.78 Å². The van der Waals surface area contributed by atoms with Gasteiger partial charge < -0.3 is 10.2 Å². The molecule has 6 heteroatoms. The first-order chi connectivity index (χ1) is 7.84. The number of rotatable bonds is 1. The summed E-state index contributed by atoms with van der Waals surface area (Å²) in [4.78, 5) is 11.7. The molecule has 0 radical (unpaired) electrons. The summed E-state index contributed by atoms with van der Waals surface area (Å²) in [5.41, 5.74) is 0.166. The minimum absolute atomic E-state index is 0.0355. The van der Waals surface area contributed by atoms with Crippen LogP contribution in [0.5, 0.6) is 0 Å². The predicted octanol–water partition coefficient (Wildman–Crippen LogP) is 1.46. The number of ketones is 1. The Kier molecular flexibility index (Phi) is 2.71. The van der Waals surface area contributed by atoms with Gasteiger partial charge in [0.05, 0.1) is 12.0 Å². The van der Waals surface area contributed by atoms with Crippen LogP contribution in [0.25, 0.3) is 0 Å². The maximum atomic E-state index is 12.4. The molecule has 17 heavy (non-hydrogen) atoms. The van der Waals surface area contributed by atoms with Gasteiger partial charge in [-0.15, -0.1) is 0 Å². The fourth-order valence-corrected chi connectivity index (χ4v) is 2.02. The molecule has 0 amide bonds. The van der Waals surface area contributed by atoms with Crippen molar-refractivity contribution in [3.8, 4) is 0 Å². The van der Waals surface area contributed by atoms with E-state index in [2.05, 4.69) is 0 Å². The topological polar surface area (TPSA) is 57.5 Å². The summed E-state index contributed by atoms with van der Waals surface area (Å²) in [6.07, 6.45) is -9.39. The van der Waals surface area contributed by atoms with Crippen molar-refractivity contribution in [1.82, 2.24) is 0 Å². The van der Waals surface area contributed by atoms with Crippen LogP contribution in [0, 0.1) is 5.92 Å². The number of halogens is 3. The lowest BCUT2D eigenvalue weighted by atomic mass is 9.95. The van der Waals surface area contributed by atoms with E-state index in [-0.39, 0.29) is 11.1 Å². The molecule has 1 aromatic rings. The van der Waals surface area contributed by atoms with Crippen LogP contribution in [0.2, 0.25) is 0 Å². The lowest BCUT2D eigenvalue weighted by molar-refractivity contribution is -0.221. The Balaban J connectivity index is 2.40. The molecule has 92 valence electrons. The highest BCUT2D eigenvalue weighted by Crippen LogP contribution is 2.41. The molecule has 0 aromatic heterocycles. The molecule has 0 heterocycles. The number of hydrogen-bond donors (Lipinski definition) is 2. The maximum Gasteiger partial charge on any atom is 0.415 e. The fourth-order valence-electron chi connectivity index (χ4n) is 2.02. The van der Waals surface area contributed by atoms with Crippen LogP contribution in [-0.4, -0.2) is 28.3 Å². The Morgan fingerprint density at radius 1 is 1.24 bits per heavy atom. The summed E-state index contributed by atoms with van der Waals surface area (Å²) < 4.78 is 37.1. The van der Waals surface area contributed by atoms with Gasteiger partial charge in [-0.05, 0) is 5.56 Å². The van der Waals surface area contributed by atoms with Crippen LogP contribution in [-0.2, 0) is 0 Å². The Labute approximate surface area is 94.5 Å². The molecule has 1 aromatic carbocycles. The molecular formula is C11H9F3O3. The minimum atomic E-state index is -4.93. The lowest BCUT2D eigenvalue weighted by Gasteiger charge is -2.22. The summed E-state index contributed by atoms with van der Waals surface area (Å²) in [7, 11) is 0.